The lowest BCUT2D eigenvalue weighted by atomic mass is 10.1. The summed E-state index contributed by atoms with van der Waals surface area (Å²) in [7, 11) is 0. The molecule has 2 rings (SSSR count). The Balaban J connectivity index is 1.52. The average molecular weight is 264 g/mol. The second-order valence-electron chi connectivity index (χ2n) is 4.91. The summed E-state index contributed by atoms with van der Waals surface area (Å²) >= 11 is 1.94. The van der Waals surface area contributed by atoms with E-state index in [1.165, 1.54) is 37.5 Å². The van der Waals surface area contributed by atoms with Crippen molar-refractivity contribution in [2.45, 2.75) is 18.2 Å². The molecule has 1 aromatic rings. The zero-order valence-electron chi connectivity index (χ0n) is 11.3. The van der Waals surface area contributed by atoms with E-state index in [1.54, 1.807) is 0 Å². The van der Waals surface area contributed by atoms with Gasteiger partial charge >= 0.3 is 0 Å². The Bertz CT molecular complexity index is 329. The fourth-order valence-corrected chi connectivity index (χ4v) is 3.26. The summed E-state index contributed by atoms with van der Waals surface area (Å²) in [4.78, 5) is 3.92. The predicted molar refractivity (Wildman–Crippen MR) is 80.3 cm³/mol. The number of hydrogen-bond acceptors (Lipinski definition) is 3. The fraction of sp³-hybridized carbons (Fsp3) is 0.600. The second kappa shape index (κ2) is 7.82. The highest BCUT2D eigenvalue weighted by Crippen LogP contribution is 2.16. The van der Waals surface area contributed by atoms with Crippen LogP contribution < -0.4 is 5.32 Å². The first kappa shape index (κ1) is 13.9. The number of nitrogens with zero attached hydrogens (tertiary/aromatic N) is 1. The van der Waals surface area contributed by atoms with Gasteiger partial charge in [0.2, 0.25) is 0 Å². The molecule has 1 aromatic carbocycles. The summed E-state index contributed by atoms with van der Waals surface area (Å²) in [5, 5.41) is 3.59. The third kappa shape index (κ3) is 4.63. The van der Waals surface area contributed by atoms with Crippen molar-refractivity contribution < 1.29 is 0 Å². The monoisotopic (exact) mass is 264 g/mol. The van der Waals surface area contributed by atoms with Crippen LogP contribution in [0.2, 0.25) is 0 Å². The van der Waals surface area contributed by atoms with E-state index in [0.717, 1.165) is 18.2 Å². The van der Waals surface area contributed by atoms with E-state index in [0.29, 0.717) is 0 Å². The van der Waals surface area contributed by atoms with Gasteiger partial charge in [0.15, 0.2) is 0 Å². The normalized spacial score (nSPS) is 20.4. The summed E-state index contributed by atoms with van der Waals surface area (Å²) in [5.74, 6) is 2.03. The molecule has 1 aliphatic heterocycles. The summed E-state index contributed by atoms with van der Waals surface area (Å²) in [6.07, 6.45) is 1.37. The smallest absolute Gasteiger partial charge is 0.0106 e. The number of thioether (sulfide) groups is 1. The first-order valence-corrected chi connectivity index (χ1v) is 7.98. The van der Waals surface area contributed by atoms with Crippen LogP contribution in [0.1, 0.15) is 13.3 Å². The molecule has 0 amide bonds. The Labute approximate surface area is 115 Å². The minimum absolute atomic E-state index is 0.867. The van der Waals surface area contributed by atoms with Crippen LogP contribution in [0.3, 0.4) is 0 Å². The lowest BCUT2D eigenvalue weighted by Gasteiger charge is -2.13. The molecule has 100 valence electrons. The molecule has 1 atom stereocenters. The molecule has 0 radical (unpaired) electrons. The van der Waals surface area contributed by atoms with Gasteiger partial charge in [0.25, 0.3) is 0 Å². The molecule has 1 unspecified atom stereocenters. The highest BCUT2D eigenvalue weighted by molar-refractivity contribution is 7.99. The lowest BCUT2D eigenvalue weighted by molar-refractivity contribution is 0.339. The van der Waals surface area contributed by atoms with E-state index in [1.807, 2.05) is 11.8 Å². The van der Waals surface area contributed by atoms with Gasteiger partial charge in [-0.2, -0.15) is 0 Å². The van der Waals surface area contributed by atoms with Crippen LogP contribution >= 0.6 is 11.8 Å². The summed E-state index contributed by atoms with van der Waals surface area (Å²) in [6, 6.07) is 10.6. The molecular formula is C15H24N2S. The van der Waals surface area contributed by atoms with Crippen LogP contribution in [-0.4, -0.2) is 43.4 Å². The van der Waals surface area contributed by atoms with Crippen LogP contribution in [0.15, 0.2) is 35.2 Å². The maximum absolute atomic E-state index is 3.59. The molecule has 0 aromatic heterocycles. The van der Waals surface area contributed by atoms with Crippen molar-refractivity contribution in [2.75, 3.05) is 38.5 Å². The predicted octanol–water partition coefficient (Wildman–Crippen LogP) is 2.71. The molecule has 2 nitrogen and oxygen atoms in total. The van der Waals surface area contributed by atoms with Gasteiger partial charge in [-0.1, -0.05) is 25.1 Å². The molecule has 0 bridgehead atoms. The third-order valence-corrected chi connectivity index (χ3v) is 4.55. The van der Waals surface area contributed by atoms with Gasteiger partial charge in [-0.3, -0.25) is 0 Å². The largest absolute Gasteiger partial charge is 0.316 e. The molecule has 1 saturated heterocycles. The average Bonchev–Trinajstić information content (AvgIpc) is 2.87. The van der Waals surface area contributed by atoms with Crippen LogP contribution in [0.5, 0.6) is 0 Å². The standard InChI is InChI=1S/C15H24N2S/c1-2-17-10-8-14(13-17)12-16-9-11-18-15-6-4-3-5-7-15/h3-7,14,16H,2,8-13H2,1H3. The molecular weight excluding hydrogens is 240 g/mol. The number of rotatable bonds is 7. The Hall–Kier alpha value is -0.510. The van der Waals surface area contributed by atoms with Gasteiger partial charge in [-0.25, -0.2) is 0 Å². The minimum atomic E-state index is 0.867. The first-order valence-electron chi connectivity index (χ1n) is 6.99. The molecule has 0 saturated carbocycles. The van der Waals surface area contributed by atoms with E-state index in [9.17, 15) is 0 Å². The number of benzene rings is 1. The lowest BCUT2D eigenvalue weighted by Crippen LogP contribution is -2.27. The quantitative estimate of drug-likeness (QED) is 0.602. The fourth-order valence-electron chi connectivity index (χ4n) is 2.43. The Morgan fingerprint density at radius 1 is 1.33 bits per heavy atom. The molecule has 1 N–H and O–H groups in total. The van der Waals surface area contributed by atoms with Gasteiger partial charge in [-0.05, 0) is 44.1 Å². The highest BCUT2D eigenvalue weighted by atomic mass is 32.2. The molecule has 1 fully saturated rings. The molecule has 0 spiro atoms. The van der Waals surface area contributed by atoms with Crippen LogP contribution in [-0.2, 0) is 0 Å². The summed E-state index contributed by atoms with van der Waals surface area (Å²) < 4.78 is 0. The van der Waals surface area contributed by atoms with E-state index in [4.69, 9.17) is 0 Å². The molecule has 3 heteroatoms. The number of likely N-dealkylation sites (tertiary alicyclic amines) is 1. The van der Waals surface area contributed by atoms with Crippen LogP contribution in [0, 0.1) is 5.92 Å². The highest BCUT2D eigenvalue weighted by Gasteiger charge is 2.20. The third-order valence-electron chi connectivity index (χ3n) is 3.54. The molecule has 1 aliphatic rings. The van der Waals surface area contributed by atoms with Gasteiger partial charge in [0, 0.05) is 23.7 Å². The van der Waals surface area contributed by atoms with E-state index < -0.39 is 0 Å². The second-order valence-corrected chi connectivity index (χ2v) is 6.08. The minimum Gasteiger partial charge on any atom is -0.316 e. The van der Waals surface area contributed by atoms with Crippen LogP contribution in [0.4, 0.5) is 0 Å². The van der Waals surface area contributed by atoms with E-state index in [-0.39, 0.29) is 0 Å². The Morgan fingerprint density at radius 2 is 2.17 bits per heavy atom. The van der Waals surface area contributed by atoms with Gasteiger partial charge in [0.05, 0.1) is 0 Å². The Kier molecular flexibility index (Phi) is 6.05. The van der Waals surface area contributed by atoms with E-state index >= 15 is 0 Å². The summed E-state index contributed by atoms with van der Waals surface area (Å²) in [6.45, 7) is 8.34. The SMILES string of the molecule is CCN1CCC(CNCCSc2ccccc2)C1. The van der Waals surface area contributed by atoms with Crippen LogP contribution in [0.25, 0.3) is 0 Å². The van der Waals surface area contributed by atoms with Gasteiger partial charge in [-0.15, -0.1) is 11.8 Å². The zero-order chi connectivity index (χ0) is 12.6. The van der Waals surface area contributed by atoms with Crippen molar-refractivity contribution in [1.29, 1.82) is 0 Å². The van der Waals surface area contributed by atoms with Crippen molar-refractivity contribution in [3.63, 3.8) is 0 Å². The molecule has 18 heavy (non-hydrogen) atoms. The van der Waals surface area contributed by atoms with Crippen molar-refractivity contribution in [2.24, 2.45) is 5.92 Å². The molecule has 1 heterocycles. The topological polar surface area (TPSA) is 15.3 Å². The van der Waals surface area contributed by atoms with Crippen molar-refractivity contribution in [3.8, 4) is 0 Å². The number of hydrogen-bond donors (Lipinski definition) is 1. The maximum atomic E-state index is 3.59. The van der Waals surface area contributed by atoms with Gasteiger partial charge in [0.1, 0.15) is 0 Å². The van der Waals surface area contributed by atoms with Crippen molar-refractivity contribution in [1.82, 2.24) is 10.2 Å². The molecule has 0 aliphatic carbocycles. The Morgan fingerprint density at radius 3 is 2.89 bits per heavy atom. The van der Waals surface area contributed by atoms with E-state index in [2.05, 4.69) is 47.5 Å². The summed E-state index contributed by atoms with van der Waals surface area (Å²) in [5.41, 5.74) is 0. The first-order chi connectivity index (χ1) is 8.88. The maximum Gasteiger partial charge on any atom is 0.0106 e. The van der Waals surface area contributed by atoms with Crippen molar-refractivity contribution >= 4 is 11.8 Å². The zero-order valence-corrected chi connectivity index (χ0v) is 12.1. The van der Waals surface area contributed by atoms with Gasteiger partial charge < -0.3 is 10.2 Å². The van der Waals surface area contributed by atoms with Crippen molar-refractivity contribution in [3.05, 3.63) is 30.3 Å². The number of nitrogens with one attached hydrogen (secondary N) is 1.